The Balaban J connectivity index is 2.40. The van der Waals surface area contributed by atoms with E-state index in [9.17, 15) is 0 Å². The van der Waals surface area contributed by atoms with Crippen molar-refractivity contribution < 1.29 is 0 Å². The van der Waals surface area contributed by atoms with E-state index in [2.05, 4.69) is 73.7 Å². The van der Waals surface area contributed by atoms with E-state index in [1.54, 1.807) is 0 Å². The molecule has 0 fully saturated rings. The van der Waals surface area contributed by atoms with Gasteiger partial charge in [-0.15, -0.1) is 0 Å². The number of aromatic nitrogens is 2. The molecule has 4 heteroatoms. The Hall–Kier alpha value is -0.100. The van der Waals surface area contributed by atoms with Crippen LogP contribution in [-0.4, -0.2) is 20.2 Å². The van der Waals surface area contributed by atoms with Gasteiger partial charge < -0.3 is 0 Å². The molecule has 0 saturated heterocycles. The first kappa shape index (κ1) is 13.3. The number of nitrogens with zero attached hydrogens (tertiary/aromatic N) is 3. The van der Waals surface area contributed by atoms with E-state index in [1.807, 2.05) is 0 Å². The highest BCUT2D eigenvalue weighted by Gasteiger charge is 2.35. The topological polar surface area (TPSA) is 21.1 Å². The molecular formula is C13H22IN3. The quantitative estimate of drug-likeness (QED) is 0.671. The fourth-order valence-electron chi connectivity index (χ4n) is 2.23. The molecule has 1 aliphatic heterocycles. The molecule has 96 valence electrons. The Bertz CT molecular complexity index is 435. The van der Waals surface area contributed by atoms with Gasteiger partial charge in [-0.05, 0) is 64.1 Å². The molecule has 0 N–H and O–H groups in total. The maximum absolute atomic E-state index is 4.70. The number of rotatable bonds is 0. The lowest BCUT2D eigenvalue weighted by atomic mass is 10.1. The Morgan fingerprint density at radius 1 is 1.00 bits per heavy atom. The van der Waals surface area contributed by atoms with E-state index >= 15 is 0 Å². The zero-order chi connectivity index (χ0) is 13.0. The van der Waals surface area contributed by atoms with Crippen LogP contribution in [0.5, 0.6) is 0 Å². The normalized spacial score (nSPS) is 17.6. The predicted molar refractivity (Wildman–Crippen MR) is 78.9 cm³/mol. The van der Waals surface area contributed by atoms with Crippen LogP contribution in [0.4, 0.5) is 0 Å². The van der Waals surface area contributed by atoms with Gasteiger partial charge in [-0.3, -0.25) is 9.58 Å². The molecule has 0 aromatic carbocycles. The average molecular weight is 347 g/mol. The van der Waals surface area contributed by atoms with Crippen LogP contribution in [0.25, 0.3) is 0 Å². The summed E-state index contributed by atoms with van der Waals surface area (Å²) in [5.41, 5.74) is 3.12. The summed E-state index contributed by atoms with van der Waals surface area (Å²) in [6.07, 6.45) is 0. The number of halogens is 1. The Morgan fingerprint density at radius 3 is 2.06 bits per heavy atom. The van der Waals surface area contributed by atoms with Crippen molar-refractivity contribution in [1.82, 2.24) is 14.7 Å². The largest absolute Gasteiger partial charge is 0.288 e. The smallest absolute Gasteiger partial charge is 0.128 e. The highest BCUT2D eigenvalue weighted by atomic mass is 127. The Labute approximate surface area is 118 Å². The van der Waals surface area contributed by atoms with Crippen molar-refractivity contribution >= 4 is 22.6 Å². The lowest BCUT2D eigenvalue weighted by Gasteiger charge is -2.32. The van der Waals surface area contributed by atoms with Crippen LogP contribution in [0.2, 0.25) is 0 Å². The van der Waals surface area contributed by atoms with Gasteiger partial charge in [0.15, 0.2) is 0 Å². The lowest BCUT2D eigenvalue weighted by molar-refractivity contribution is 0.130. The first-order valence-electron chi connectivity index (χ1n) is 6.12. The molecule has 0 amide bonds. The van der Waals surface area contributed by atoms with Gasteiger partial charge in [0.2, 0.25) is 0 Å². The summed E-state index contributed by atoms with van der Waals surface area (Å²) >= 11 is 2.37. The molecule has 0 unspecified atom stereocenters. The van der Waals surface area contributed by atoms with Crippen molar-refractivity contribution in [2.45, 2.75) is 65.7 Å². The second kappa shape index (κ2) is 3.95. The highest BCUT2D eigenvalue weighted by Crippen LogP contribution is 2.34. The molecule has 1 aromatic heterocycles. The van der Waals surface area contributed by atoms with Crippen LogP contribution in [0, 0.1) is 3.70 Å². The van der Waals surface area contributed by atoms with Crippen LogP contribution < -0.4 is 0 Å². The standard InChI is InChI=1S/C13H22IN3/c1-12(2,3)16-7-9-10(8-16)17(13(4,5)6)15-11(9)14/h7-8H2,1-6H3. The monoisotopic (exact) mass is 347 g/mol. The van der Waals surface area contributed by atoms with E-state index in [-0.39, 0.29) is 11.1 Å². The molecular weight excluding hydrogens is 325 g/mol. The summed E-state index contributed by atoms with van der Waals surface area (Å²) in [6, 6.07) is 0. The summed E-state index contributed by atoms with van der Waals surface area (Å²) in [4.78, 5) is 2.52. The van der Waals surface area contributed by atoms with Gasteiger partial charge in [-0.1, -0.05) is 0 Å². The second-order valence-electron chi connectivity index (χ2n) is 6.83. The minimum Gasteiger partial charge on any atom is -0.288 e. The summed E-state index contributed by atoms with van der Waals surface area (Å²) in [7, 11) is 0. The minimum atomic E-state index is 0.0708. The van der Waals surface area contributed by atoms with Crippen LogP contribution in [0.15, 0.2) is 0 Å². The maximum atomic E-state index is 4.70. The van der Waals surface area contributed by atoms with Crippen molar-refractivity contribution in [3.63, 3.8) is 0 Å². The van der Waals surface area contributed by atoms with Crippen LogP contribution in [-0.2, 0) is 18.6 Å². The molecule has 17 heavy (non-hydrogen) atoms. The molecule has 0 atom stereocenters. The van der Waals surface area contributed by atoms with Gasteiger partial charge in [0.1, 0.15) is 3.70 Å². The summed E-state index contributed by atoms with van der Waals surface area (Å²) < 4.78 is 3.37. The van der Waals surface area contributed by atoms with E-state index < -0.39 is 0 Å². The van der Waals surface area contributed by atoms with Gasteiger partial charge in [-0.25, -0.2) is 0 Å². The molecule has 0 spiro atoms. The first-order chi connectivity index (χ1) is 7.60. The predicted octanol–water partition coefficient (Wildman–Crippen LogP) is 3.36. The fraction of sp³-hybridized carbons (Fsp3) is 0.769. The molecule has 2 rings (SSSR count). The van der Waals surface area contributed by atoms with Gasteiger partial charge >= 0.3 is 0 Å². The summed E-state index contributed by atoms with van der Waals surface area (Å²) in [5.74, 6) is 0. The lowest BCUT2D eigenvalue weighted by Crippen LogP contribution is -2.38. The van der Waals surface area contributed by atoms with E-state index in [1.165, 1.54) is 15.0 Å². The van der Waals surface area contributed by atoms with Crippen molar-refractivity contribution in [2.24, 2.45) is 0 Å². The molecule has 0 radical (unpaired) electrons. The zero-order valence-electron chi connectivity index (χ0n) is 11.6. The van der Waals surface area contributed by atoms with Crippen LogP contribution in [0.3, 0.4) is 0 Å². The molecule has 0 aliphatic carbocycles. The molecule has 3 nitrogen and oxygen atoms in total. The van der Waals surface area contributed by atoms with Crippen molar-refractivity contribution in [2.75, 3.05) is 0 Å². The molecule has 2 heterocycles. The van der Waals surface area contributed by atoms with Gasteiger partial charge in [0.25, 0.3) is 0 Å². The van der Waals surface area contributed by atoms with E-state index in [4.69, 9.17) is 5.10 Å². The Morgan fingerprint density at radius 2 is 1.59 bits per heavy atom. The maximum Gasteiger partial charge on any atom is 0.128 e. The van der Waals surface area contributed by atoms with E-state index in [0.717, 1.165) is 13.1 Å². The zero-order valence-corrected chi connectivity index (χ0v) is 13.8. The van der Waals surface area contributed by atoms with Crippen LogP contribution >= 0.6 is 22.6 Å². The van der Waals surface area contributed by atoms with Gasteiger partial charge in [-0.2, -0.15) is 5.10 Å². The second-order valence-corrected chi connectivity index (χ2v) is 7.85. The summed E-state index contributed by atoms with van der Waals surface area (Å²) in [5, 5.41) is 4.70. The molecule has 0 saturated carbocycles. The Kier molecular flexibility index (Phi) is 3.10. The number of fused-ring (bicyclic) bond motifs is 1. The van der Waals surface area contributed by atoms with Gasteiger partial charge in [0, 0.05) is 24.2 Å². The third-order valence-electron chi connectivity index (χ3n) is 3.31. The van der Waals surface area contributed by atoms with E-state index in [0.29, 0.717) is 0 Å². The number of hydrogen-bond acceptors (Lipinski definition) is 2. The molecule has 1 aromatic rings. The SMILES string of the molecule is CC(C)(C)N1Cc2c(I)nn(C(C)(C)C)c2C1. The molecule has 1 aliphatic rings. The summed E-state index contributed by atoms with van der Waals surface area (Å²) in [6.45, 7) is 15.5. The minimum absolute atomic E-state index is 0.0708. The highest BCUT2D eigenvalue weighted by molar-refractivity contribution is 14.1. The fourth-order valence-corrected chi connectivity index (χ4v) is 2.93. The van der Waals surface area contributed by atoms with Gasteiger partial charge in [0.05, 0.1) is 11.2 Å². The average Bonchev–Trinajstić information content (AvgIpc) is 2.63. The third kappa shape index (κ3) is 2.38. The van der Waals surface area contributed by atoms with Crippen LogP contribution in [0.1, 0.15) is 52.8 Å². The number of hydrogen-bond donors (Lipinski definition) is 0. The van der Waals surface area contributed by atoms with Crippen molar-refractivity contribution in [1.29, 1.82) is 0 Å². The molecule has 0 bridgehead atoms. The third-order valence-corrected chi connectivity index (χ3v) is 4.18. The first-order valence-corrected chi connectivity index (χ1v) is 7.20. The van der Waals surface area contributed by atoms with Crippen molar-refractivity contribution in [3.8, 4) is 0 Å². The van der Waals surface area contributed by atoms with Crippen molar-refractivity contribution in [3.05, 3.63) is 15.0 Å².